The highest BCUT2D eigenvalue weighted by molar-refractivity contribution is 5.84. The zero-order chi connectivity index (χ0) is 23.6. The maximum Gasteiger partial charge on any atom is 0.412 e. The molecule has 0 saturated carbocycles. The van der Waals surface area contributed by atoms with Crippen molar-refractivity contribution in [2.75, 3.05) is 18.5 Å². The fourth-order valence-corrected chi connectivity index (χ4v) is 3.24. The van der Waals surface area contributed by atoms with Gasteiger partial charge in [-0.05, 0) is 49.6 Å². The number of anilines is 1. The van der Waals surface area contributed by atoms with E-state index in [1.54, 1.807) is 30.3 Å². The molecule has 2 aromatic rings. The Balaban J connectivity index is 2.19. The van der Waals surface area contributed by atoms with E-state index in [4.69, 9.17) is 19.7 Å². The van der Waals surface area contributed by atoms with Crippen LogP contribution in [0.4, 0.5) is 10.5 Å². The molecule has 1 atom stereocenters. The number of aliphatic hydroxyl groups is 1. The molecular weight excluding hydrogens is 410 g/mol. The molecule has 0 aliphatic heterocycles. The molecule has 0 aliphatic carbocycles. The Morgan fingerprint density at radius 3 is 2.34 bits per heavy atom. The van der Waals surface area contributed by atoms with Crippen LogP contribution in [0.1, 0.15) is 43.9 Å². The number of carboxylic acids is 1. The lowest BCUT2D eigenvalue weighted by molar-refractivity contribution is -0.131. The molecule has 0 aromatic heterocycles. The number of carbonyl (C=O) groups is 2. The van der Waals surface area contributed by atoms with Crippen LogP contribution in [0.3, 0.4) is 0 Å². The zero-order valence-electron chi connectivity index (χ0n) is 18.7. The summed E-state index contributed by atoms with van der Waals surface area (Å²) in [5.41, 5.74) is 2.02. The highest BCUT2D eigenvalue weighted by Crippen LogP contribution is 2.41. The molecule has 0 saturated heterocycles. The van der Waals surface area contributed by atoms with Gasteiger partial charge >= 0.3 is 12.1 Å². The van der Waals surface area contributed by atoms with Gasteiger partial charge in [0.25, 0.3) is 0 Å². The van der Waals surface area contributed by atoms with Crippen LogP contribution in [-0.2, 0) is 9.53 Å². The van der Waals surface area contributed by atoms with Crippen molar-refractivity contribution in [3.8, 4) is 5.75 Å². The van der Waals surface area contributed by atoms with Crippen molar-refractivity contribution in [3.63, 3.8) is 0 Å². The van der Waals surface area contributed by atoms with Crippen LogP contribution >= 0.6 is 0 Å². The summed E-state index contributed by atoms with van der Waals surface area (Å²) in [7, 11) is 0. The van der Waals surface area contributed by atoms with Crippen LogP contribution in [0.2, 0.25) is 0 Å². The number of carbonyl (C=O) groups excluding carboxylic acids is 1. The highest BCUT2D eigenvalue weighted by Gasteiger charge is 2.34. The first-order valence-corrected chi connectivity index (χ1v) is 10.5. The smallest absolute Gasteiger partial charge is 0.412 e. The standard InChI is InChI=1S/C25H31NO6/c1-18-7-11-20(12-8-18)26-24(30)32-23(25(2,3)15-5-4-6-22(28)29)19-9-13-21(14-10-19)31-17-16-27/h4,6-14,23,27H,5,15-17H2,1-3H3,(H,26,30)(H,28,29)/b6-4+/t23-/m0/s1. The van der Waals surface area contributed by atoms with E-state index < -0.39 is 23.6 Å². The van der Waals surface area contributed by atoms with Crippen molar-refractivity contribution in [1.82, 2.24) is 0 Å². The SMILES string of the molecule is Cc1ccc(NC(=O)O[C@@H](c2ccc(OCCO)cc2)C(C)(C)CC/C=C/C(=O)O)cc1. The van der Waals surface area contributed by atoms with Gasteiger partial charge in [0.15, 0.2) is 0 Å². The third-order valence-corrected chi connectivity index (χ3v) is 4.99. The quantitative estimate of drug-likeness (QED) is 0.419. The molecule has 32 heavy (non-hydrogen) atoms. The molecule has 0 unspecified atom stereocenters. The first-order chi connectivity index (χ1) is 15.2. The Labute approximate surface area is 188 Å². The molecule has 7 nitrogen and oxygen atoms in total. The highest BCUT2D eigenvalue weighted by atomic mass is 16.6. The van der Waals surface area contributed by atoms with Crippen LogP contribution in [0.15, 0.2) is 60.7 Å². The number of rotatable bonds is 11. The second-order valence-electron chi connectivity index (χ2n) is 8.19. The van der Waals surface area contributed by atoms with E-state index in [1.165, 1.54) is 0 Å². The van der Waals surface area contributed by atoms with Crippen molar-refractivity contribution in [2.24, 2.45) is 5.41 Å². The predicted octanol–water partition coefficient (Wildman–Crippen LogP) is 5.10. The largest absolute Gasteiger partial charge is 0.491 e. The van der Waals surface area contributed by atoms with E-state index in [1.807, 2.05) is 45.0 Å². The maximum absolute atomic E-state index is 12.7. The lowest BCUT2D eigenvalue weighted by Crippen LogP contribution is -2.29. The summed E-state index contributed by atoms with van der Waals surface area (Å²) in [6, 6.07) is 14.6. The van der Waals surface area contributed by atoms with Gasteiger partial charge in [-0.2, -0.15) is 0 Å². The van der Waals surface area contributed by atoms with E-state index in [2.05, 4.69) is 5.32 Å². The minimum Gasteiger partial charge on any atom is -0.491 e. The minimum atomic E-state index is -0.994. The second-order valence-corrected chi connectivity index (χ2v) is 8.19. The predicted molar refractivity (Wildman–Crippen MR) is 123 cm³/mol. The minimum absolute atomic E-state index is 0.0798. The summed E-state index contributed by atoms with van der Waals surface area (Å²) in [6.07, 6.45) is 2.67. The van der Waals surface area contributed by atoms with Crippen LogP contribution in [-0.4, -0.2) is 35.5 Å². The summed E-state index contributed by atoms with van der Waals surface area (Å²) in [6.45, 7) is 6.03. The number of ether oxygens (including phenoxy) is 2. The zero-order valence-corrected chi connectivity index (χ0v) is 18.7. The molecule has 7 heteroatoms. The number of carboxylic acid groups (broad SMARTS) is 1. The van der Waals surface area contributed by atoms with Crippen molar-refractivity contribution in [2.45, 2.75) is 39.7 Å². The Hall–Kier alpha value is -3.32. The molecule has 0 radical (unpaired) electrons. The van der Waals surface area contributed by atoms with Crippen molar-refractivity contribution < 1.29 is 29.3 Å². The number of aryl methyl sites for hydroxylation is 1. The third-order valence-electron chi connectivity index (χ3n) is 4.99. The molecule has 0 fully saturated rings. The maximum atomic E-state index is 12.7. The van der Waals surface area contributed by atoms with Gasteiger partial charge in [-0.3, -0.25) is 5.32 Å². The normalized spacial score (nSPS) is 12.4. The number of hydrogen-bond acceptors (Lipinski definition) is 5. The first kappa shape index (κ1) is 24.9. The summed E-state index contributed by atoms with van der Waals surface area (Å²) in [5.74, 6) is -0.389. The van der Waals surface area contributed by atoms with E-state index in [0.29, 0.717) is 24.3 Å². The second kappa shape index (κ2) is 11.9. The number of allylic oxidation sites excluding steroid dienone is 1. The fourth-order valence-electron chi connectivity index (χ4n) is 3.24. The van der Waals surface area contributed by atoms with Gasteiger partial charge in [0.1, 0.15) is 18.5 Å². The Bertz CT molecular complexity index is 903. The van der Waals surface area contributed by atoms with Crippen LogP contribution in [0.25, 0.3) is 0 Å². The molecule has 2 aromatic carbocycles. The molecule has 3 N–H and O–H groups in total. The van der Waals surface area contributed by atoms with Crippen molar-refractivity contribution in [1.29, 1.82) is 0 Å². The van der Waals surface area contributed by atoms with E-state index >= 15 is 0 Å². The van der Waals surface area contributed by atoms with Crippen LogP contribution < -0.4 is 10.1 Å². The number of aliphatic carboxylic acids is 1. The lowest BCUT2D eigenvalue weighted by Gasteiger charge is -2.34. The van der Waals surface area contributed by atoms with Gasteiger partial charge in [0.2, 0.25) is 0 Å². The molecular formula is C25H31NO6. The number of nitrogens with one attached hydrogen (secondary N) is 1. The number of aliphatic hydroxyl groups excluding tert-OH is 1. The number of amides is 1. The summed E-state index contributed by atoms with van der Waals surface area (Å²) >= 11 is 0. The van der Waals surface area contributed by atoms with E-state index in [-0.39, 0.29) is 13.2 Å². The van der Waals surface area contributed by atoms with Gasteiger partial charge < -0.3 is 19.7 Å². The van der Waals surface area contributed by atoms with Crippen LogP contribution in [0.5, 0.6) is 5.75 Å². The Kier molecular flexibility index (Phi) is 9.28. The van der Waals surface area contributed by atoms with Gasteiger partial charge in [-0.15, -0.1) is 0 Å². The van der Waals surface area contributed by atoms with Gasteiger partial charge in [0.05, 0.1) is 6.61 Å². The average Bonchev–Trinajstić information content (AvgIpc) is 2.75. The van der Waals surface area contributed by atoms with Gasteiger partial charge in [-0.25, -0.2) is 9.59 Å². The third kappa shape index (κ3) is 8.07. The van der Waals surface area contributed by atoms with E-state index in [9.17, 15) is 9.59 Å². The summed E-state index contributed by atoms with van der Waals surface area (Å²) in [4.78, 5) is 23.4. The molecule has 1 amide bonds. The molecule has 0 heterocycles. The summed E-state index contributed by atoms with van der Waals surface area (Å²) in [5, 5.41) is 20.5. The van der Waals surface area contributed by atoms with E-state index in [0.717, 1.165) is 17.2 Å². The number of benzene rings is 2. The number of hydrogen-bond donors (Lipinski definition) is 3. The molecule has 0 bridgehead atoms. The molecule has 172 valence electrons. The monoisotopic (exact) mass is 441 g/mol. The van der Waals surface area contributed by atoms with Gasteiger partial charge in [-0.1, -0.05) is 49.8 Å². The van der Waals surface area contributed by atoms with Crippen molar-refractivity contribution in [3.05, 3.63) is 71.8 Å². The lowest BCUT2D eigenvalue weighted by atomic mass is 9.78. The van der Waals surface area contributed by atoms with Gasteiger partial charge in [0, 0.05) is 17.2 Å². The first-order valence-electron chi connectivity index (χ1n) is 10.5. The molecule has 2 rings (SSSR count). The molecule has 0 spiro atoms. The Morgan fingerprint density at radius 1 is 1.09 bits per heavy atom. The summed E-state index contributed by atoms with van der Waals surface area (Å²) < 4.78 is 11.3. The fraction of sp³-hybridized carbons (Fsp3) is 0.360. The van der Waals surface area contributed by atoms with Crippen LogP contribution in [0, 0.1) is 12.3 Å². The van der Waals surface area contributed by atoms with Crippen molar-refractivity contribution >= 4 is 17.7 Å². The molecule has 0 aliphatic rings. The Morgan fingerprint density at radius 2 is 1.75 bits per heavy atom. The topological polar surface area (TPSA) is 105 Å². The average molecular weight is 442 g/mol.